The average molecular weight is 340 g/mol. The van der Waals surface area contributed by atoms with Crippen molar-refractivity contribution in [2.75, 3.05) is 13.7 Å². The van der Waals surface area contributed by atoms with Crippen LogP contribution >= 0.6 is 0 Å². The van der Waals surface area contributed by atoms with Crippen molar-refractivity contribution in [2.24, 2.45) is 5.73 Å². The van der Waals surface area contributed by atoms with Crippen LogP contribution in [0.4, 0.5) is 0 Å². The largest absolute Gasteiger partial charge is 0.480 e. The molecule has 25 heavy (non-hydrogen) atoms. The van der Waals surface area contributed by atoms with Crippen LogP contribution in [0.25, 0.3) is 11.1 Å². The lowest BCUT2D eigenvalue weighted by molar-refractivity contribution is -0.121. The van der Waals surface area contributed by atoms with Crippen LogP contribution in [-0.4, -0.2) is 46.4 Å². The SMILES string of the molecule is COc1ncnc(C)c1-c1cccc(C(=O)N2CCC[C@H]2C(N)=O)c1. The molecule has 2 amide bonds. The molecule has 2 N–H and O–H groups in total. The predicted molar refractivity (Wildman–Crippen MR) is 92.0 cm³/mol. The Morgan fingerprint density at radius 3 is 2.84 bits per heavy atom. The molecule has 7 heteroatoms. The van der Waals surface area contributed by atoms with Gasteiger partial charge in [-0.3, -0.25) is 9.59 Å². The average Bonchev–Trinajstić information content (AvgIpc) is 3.11. The van der Waals surface area contributed by atoms with E-state index >= 15 is 0 Å². The Bertz CT molecular complexity index is 822. The summed E-state index contributed by atoms with van der Waals surface area (Å²) in [4.78, 5) is 34.3. The standard InChI is InChI=1S/C18H20N4O3/c1-11-15(17(25-2)21-10-20-11)12-5-3-6-13(9-12)18(24)22-8-4-7-14(22)16(19)23/h3,5-6,9-10,14H,4,7-8H2,1-2H3,(H2,19,23)/t14-/m0/s1. The summed E-state index contributed by atoms with van der Waals surface area (Å²) in [5.41, 5.74) is 8.20. The lowest BCUT2D eigenvalue weighted by atomic mass is 10.0. The Morgan fingerprint density at radius 2 is 2.12 bits per heavy atom. The summed E-state index contributed by atoms with van der Waals surface area (Å²) in [7, 11) is 1.54. The van der Waals surface area contributed by atoms with Crippen LogP contribution in [0.3, 0.4) is 0 Å². The molecule has 2 aromatic rings. The zero-order chi connectivity index (χ0) is 18.0. The van der Waals surface area contributed by atoms with Gasteiger partial charge in [-0.15, -0.1) is 0 Å². The normalized spacial score (nSPS) is 16.7. The van der Waals surface area contributed by atoms with E-state index in [1.54, 1.807) is 30.2 Å². The van der Waals surface area contributed by atoms with Gasteiger partial charge in [-0.2, -0.15) is 0 Å². The van der Waals surface area contributed by atoms with Gasteiger partial charge in [-0.05, 0) is 37.5 Å². The monoisotopic (exact) mass is 340 g/mol. The minimum Gasteiger partial charge on any atom is -0.480 e. The summed E-state index contributed by atoms with van der Waals surface area (Å²) in [6, 6.07) is 6.64. The Morgan fingerprint density at radius 1 is 1.32 bits per heavy atom. The number of nitrogens with zero attached hydrogens (tertiary/aromatic N) is 3. The Hall–Kier alpha value is -2.96. The van der Waals surface area contributed by atoms with Crippen LogP contribution in [-0.2, 0) is 4.79 Å². The van der Waals surface area contributed by atoms with Crippen LogP contribution in [0.1, 0.15) is 28.9 Å². The van der Waals surface area contributed by atoms with Crippen LogP contribution in [0.2, 0.25) is 0 Å². The number of primary amides is 1. The van der Waals surface area contributed by atoms with Crippen molar-refractivity contribution in [1.82, 2.24) is 14.9 Å². The lowest BCUT2D eigenvalue weighted by Crippen LogP contribution is -2.43. The zero-order valence-electron chi connectivity index (χ0n) is 14.2. The third-order valence-electron chi connectivity index (χ3n) is 4.44. The fraction of sp³-hybridized carbons (Fsp3) is 0.333. The quantitative estimate of drug-likeness (QED) is 0.910. The van der Waals surface area contributed by atoms with E-state index in [4.69, 9.17) is 10.5 Å². The minimum absolute atomic E-state index is 0.198. The molecule has 2 heterocycles. The number of benzene rings is 1. The first-order valence-electron chi connectivity index (χ1n) is 8.09. The molecule has 1 aromatic heterocycles. The highest BCUT2D eigenvalue weighted by molar-refractivity contribution is 5.98. The lowest BCUT2D eigenvalue weighted by Gasteiger charge is -2.22. The molecule has 3 rings (SSSR count). The van der Waals surface area contributed by atoms with Crippen molar-refractivity contribution in [3.05, 3.63) is 41.9 Å². The second-order valence-electron chi connectivity index (χ2n) is 5.98. The summed E-state index contributed by atoms with van der Waals surface area (Å²) < 4.78 is 5.32. The summed E-state index contributed by atoms with van der Waals surface area (Å²) >= 11 is 0. The maximum atomic E-state index is 12.8. The molecular formula is C18H20N4O3. The fourth-order valence-electron chi connectivity index (χ4n) is 3.22. The maximum Gasteiger partial charge on any atom is 0.254 e. The van der Waals surface area contributed by atoms with E-state index in [0.29, 0.717) is 24.4 Å². The summed E-state index contributed by atoms with van der Waals surface area (Å²) in [6.45, 7) is 2.39. The summed E-state index contributed by atoms with van der Waals surface area (Å²) in [6.07, 6.45) is 2.83. The predicted octanol–water partition coefficient (Wildman–Crippen LogP) is 1.55. The van der Waals surface area contributed by atoms with Crippen LogP contribution in [0.15, 0.2) is 30.6 Å². The van der Waals surface area contributed by atoms with Gasteiger partial charge >= 0.3 is 0 Å². The van der Waals surface area contributed by atoms with Crippen molar-refractivity contribution in [1.29, 1.82) is 0 Å². The van der Waals surface area contributed by atoms with Gasteiger partial charge in [0, 0.05) is 12.1 Å². The number of nitrogens with two attached hydrogens (primary N) is 1. The second kappa shape index (κ2) is 6.88. The van der Waals surface area contributed by atoms with Gasteiger partial charge in [0.1, 0.15) is 12.4 Å². The summed E-state index contributed by atoms with van der Waals surface area (Å²) in [5, 5.41) is 0. The van der Waals surface area contributed by atoms with Crippen molar-refractivity contribution in [2.45, 2.75) is 25.8 Å². The van der Waals surface area contributed by atoms with E-state index in [-0.39, 0.29) is 5.91 Å². The van der Waals surface area contributed by atoms with E-state index in [2.05, 4.69) is 9.97 Å². The van der Waals surface area contributed by atoms with Crippen molar-refractivity contribution in [3.8, 4) is 17.0 Å². The number of amides is 2. The van der Waals surface area contributed by atoms with Crippen molar-refractivity contribution < 1.29 is 14.3 Å². The molecule has 0 radical (unpaired) electrons. The number of likely N-dealkylation sites (tertiary alicyclic amines) is 1. The van der Waals surface area contributed by atoms with Crippen molar-refractivity contribution in [3.63, 3.8) is 0 Å². The smallest absolute Gasteiger partial charge is 0.254 e. The van der Waals surface area contributed by atoms with Crippen LogP contribution < -0.4 is 10.5 Å². The third kappa shape index (κ3) is 3.17. The minimum atomic E-state index is -0.535. The molecule has 1 saturated heterocycles. The van der Waals surface area contributed by atoms with Gasteiger partial charge in [0.2, 0.25) is 11.8 Å². The second-order valence-corrected chi connectivity index (χ2v) is 5.98. The number of hydrogen-bond acceptors (Lipinski definition) is 5. The molecule has 1 atom stereocenters. The number of carbonyl (C=O) groups excluding carboxylic acids is 2. The molecular weight excluding hydrogens is 320 g/mol. The van der Waals surface area contributed by atoms with Gasteiger partial charge in [0.25, 0.3) is 5.91 Å². The molecule has 7 nitrogen and oxygen atoms in total. The van der Waals surface area contributed by atoms with E-state index in [9.17, 15) is 9.59 Å². The zero-order valence-corrected chi connectivity index (χ0v) is 14.2. The number of aryl methyl sites for hydroxylation is 1. The Kier molecular flexibility index (Phi) is 4.65. The fourth-order valence-corrected chi connectivity index (χ4v) is 3.22. The summed E-state index contributed by atoms with van der Waals surface area (Å²) in [5.74, 6) is -0.208. The molecule has 1 fully saturated rings. The van der Waals surface area contributed by atoms with E-state index in [0.717, 1.165) is 23.2 Å². The Labute approximate surface area is 145 Å². The third-order valence-corrected chi connectivity index (χ3v) is 4.44. The van der Waals surface area contributed by atoms with E-state index in [1.807, 2.05) is 13.0 Å². The molecule has 1 aliphatic heterocycles. The van der Waals surface area contributed by atoms with Gasteiger partial charge in [-0.25, -0.2) is 9.97 Å². The highest BCUT2D eigenvalue weighted by Crippen LogP contribution is 2.31. The topological polar surface area (TPSA) is 98.4 Å². The Balaban J connectivity index is 1.98. The van der Waals surface area contributed by atoms with Crippen LogP contribution in [0.5, 0.6) is 5.88 Å². The first-order chi connectivity index (χ1) is 12.0. The molecule has 0 aliphatic carbocycles. The van der Waals surface area contributed by atoms with Gasteiger partial charge in [0.15, 0.2) is 0 Å². The molecule has 0 saturated carbocycles. The van der Waals surface area contributed by atoms with Crippen LogP contribution in [0, 0.1) is 6.92 Å². The van der Waals surface area contributed by atoms with E-state index < -0.39 is 11.9 Å². The molecule has 130 valence electrons. The van der Waals surface area contributed by atoms with E-state index in [1.165, 1.54) is 6.33 Å². The number of aromatic nitrogens is 2. The molecule has 0 spiro atoms. The van der Waals surface area contributed by atoms with Crippen molar-refractivity contribution >= 4 is 11.8 Å². The molecule has 0 bridgehead atoms. The first-order valence-corrected chi connectivity index (χ1v) is 8.09. The number of carbonyl (C=O) groups is 2. The number of hydrogen-bond donors (Lipinski definition) is 1. The number of ether oxygens (including phenoxy) is 1. The maximum absolute atomic E-state index is 12.8. The van der Waals surface area contributed by atoms with Gasteiger partial charge in [-0.1, -0.05) is 12.1 Å². The van der Waals surface area contributed by atoms with Gasteiger partial charge < -0.3 is 15.4 Å². The van der Waals surface area contributed by atoms with Gasteiger partial charge in [0.05, 0.1) is 18.4 Å². The number of rotatable bonds is 4. The number of methoxy groups -OCH3 is 1. The highest BCUT2D eigenvalue weighted by Gasteiger charge is 2.33. The molecule has 1 aromatic carbocycles. The molecule has 1 aliphatic rings. The first kappa shape index (κ1) is 16.9. The molecule has 0 unspecified atom stereocenters. The highest BCUT2D eigenvalue weighted by atomic mass is 16.5.